The Morgan fingerprint density at radius 2 is 1.95 bits per heavy atom. The van der Waals surface area contributed by atoms with E-state index in [-0.39, 0.29) is 16.9 Å². The minimum atomic E-state index is -0.333. The van der Waals surface area contributed by atoms with Gasteiger partial charge in [-0.25, -0.2) is 9.37 Å². The number of nitrogens with zero attached hydrogens (tertiary/aromatic N) is 4. The lowest BCUT2D eigenvalue weighted by molar-refractivity contribution is 0.465. The topological polar surface area (TPSA) is 75.6 Å². The molecule has 0 saturated heterocycles. The van der Waals surface area contributed by atoms with Gasteiger partial charge in [0.25, 0.3) is 5.22 Å². The Labute approximate surface area is 123 Å². The third-order valence-corrected chi connectivity index (χ3v) is 3.43. The third-order valence-electron chi connectivity index (χ3n) is 2.57. The van der Waals surface area contributed by atoms with Crippen LogP contribution in [0.5, 0.6) is 0 Å². The maximum absolute atomic E-state index is 12.9. The van der Waals surface area contributed by atoms with Gasteiger partial charge in [0.15, 0.2) is 0 Å². The van der Waals surface area contributed by atoms with Crippen LogP contribution in [0, 0.1) is 17.1 Å². The molecule has 1 aromatic carbocycles. The van der Waals surface area contributed by atoms with Gasteiger partial charge in [0.2, 0.25) is 5.89 Å². The molecule has 0 aliphatic rings. The van der Waals surface area contributed by atoms with Crippen LogP contribution in [0.2, 0.25) is 0 Å². The molecule has 0 unspecified atom stereocenters. The van der Waals surface area contributed by atoms with Crippen molar-refractivity contribution >= 4 is 11.8 Å². The predicted octanol–water partition coefficient (Wildman–Crippen LogP) is 3.29. The second-order valence-corrected chi connectivity index (χ2v) is 4.89. The van der Waals surface area contributed by atoms with Gasteiger partial charge >= 0.3 is 0 Å². The quantitative estimate of drug-likeness (QED) is 0.738. The standard InChI is InChI=1S/C14H7FN4OS/c15-11-5-3-9(4-6-11)12-18-19-14(20-12)21-13-10(8-16)2-1-7-17-13/h1-7H. The number of hydrogen-bond acceptors (Lipinski definition) is 6. The SMILES string of the molecule is N#Cc1cccnc1Sc1nnc(-c2ccc(F)cc2)o1. The largest absolute Gasteiger partial charge is 0.411 e. The molecule has 0 amide bonds. The average molecular weight is 298 g/mol. The van der Waals surface area contributed by atoms with Gasteiger partial charge in [0, 0.05) is 11.8 Å². The summed E-state index contributed by atoms with van der Waals surface area (Å²) in [6.07, 6.45) is 1.58. The van der Waals surface area contributed by atoms with Crippen LogP contribution in [0.3, 0.4) is 0 Å². The van der Waals surface area contributed by atoms with Crippen LogP contribution in [0.15, 0.2) is 57.3 Å². The Kier molecular flexibility index (Phi) is 3.62. The monoisotopic (exact) mass is 298 g/mol. The summed E-state index contributed by atoms with van der Waals surface area (Å²) >= 11 is 1.11. The van der Waals surface area contributed by atoms with Crippen LogP contribution in [-0.2, 0) is 0 Å². The van der Waals surface area contributed by atoms with E-state index in [9.17, 15) is 4.39 Å². The lowest BCUT2D eigenvalue weighted by Crippen LogP contribution is -1.85. The number of pyridine rings is 1. The molecule has 0 aliphatic carbocycles. The van der Waals surface area contributed by atoms with E-state index in [1.165, 1.54) is 12.1 Å². The highest BCUT2D eigenvalue weighted by Crippen LogP contribution is 2.29. The Hall–Kier alpha value is -2.72. The lowest BCUT2D eigenvalue weighted by atomic mass is 10.2. The maximum Gasteiger partial charge on any atom is 0.283 e. The Morgan fingerprint density at radius 1 is 1.14 bits per heavy atom. The van der Waals surface area contributed by atoms with Crippen LogP contribution in [0.25, 0.3) is 11.5 Å². The number of hydrogen-bond donors (Lipinski definition) is 0. The summed E-state index contributed by atoms with van der Waals surface area (Å²) in [5.41, 5.74) is 1.06. The molecule has 21 heavy (non-hydrogen) atoms. The van der Waals surface area contributed by atoms with E-state index in [2.05, 4.69) is 15.2 Å². The van der Waals surface area contributed by atoms with E-state index in [4.69, 9.17) is 9.68 Å². The third kappa shape index (κ3) is 2.90. The molecule has 0 spiro atoms. The first kappa shape index (κ1) is 13.3. The van der Waals surface area contributed by atoms with Gasteiger partial charge in [-0.05, 0) is 48.2 Å². The molecule has 0 atom stereocenters. The zero-order chi connectivity index (χ0) is 14.7. The van der Waals surface area contributed by atoms with E-state index in [0.29, 0.717) is 16.2 Å². The van der Waals surface area contributed by atoms with Gasteiger partial charge in [0.05, 0.1) is 5.56 Å². The summed E-state index contributed by atoms with van der Waals surface area (Å²) in [5, 5.41) is 17.5. The van der Waals surface area contributed by atoms with E-state index in [0.717, 1.165) is 11.8 Å². The molecule has 7 heteroatoms. The first-order chi connectivity index (χ1) is 10.3. The normalized spacial score (nSPS) is 10.3. The molecule has 102 valence electrons. The Balaban J connectivity index is 1.86. The van der Waals surface area contributed by atoms with Crippen molar-refractivity contribution in [2.75, 3.05) is 0 Å². The molecule has 2 heterocycles. The van der Waals surface area contributed by atoms with Gasteiger partial charge in [-0.1, -0.05) is 0 Å². The van der Waals surface area contributed by atoms with Gasteiger partial charge in [-0.15, -0.1) is 10.2 Å². The number of rotatable bonds is 3. The van der Waals surface area contributed by atoms with Crippen LogP contribution in [-0.4, -0.2) is 15.2 Å². The first-order valence-corrected chi connectivity index (χ1v) is 6.70. The molecule has 3 aromatic rings. The van der Waals surface area contributed by atoms with Gasteiger partial charge in [0.1, 0.15) is 16.9 Å². The minimum absolute atomic E-state index is 0.268. The molecule has 0 aliphatic heterocycles. The number of aromatic nitrogens is 3. The zero-order valence-electron chi connectivity index (χ0n) is 10.5. The Bertz CT molecular complexity index is 810. The van der Waals surface area contributed by atoms with Crippen molar-refractivity contribution in [3.05, 3.63) is 54.0 Å². The molecule has 0 fully saturated rings. The van der Waals surface area contributed by atoms with E-state index in [1.807, 2.05) is 6.07 Å². The van der Waals surface area contributed by atoms with Crippen molar-refractivity contribution < 1.29 is 8.81 Å². The van der Waals surface area contributed by atoms with Crippen molar-refractivity contribution in [2.45, 2.75) is 10.2 Å². The summed E-state index contributed by atoms with van der Waals surface area (Å²) in [6, 6.07) is 11.1. The summed E-state index contributed by atoms with van der Waals surface area (Å²) in [4.78, 5) is 4.10. The smallest absolute Gasteiger partial charge is 0.283 e. The second kappa shape index (κ2) is 5.73. The fourth-order valence-corrected chi connectivity index (χ4v) is 2.30. The molecule has 3 rings (SSSR count). The fourth-order valence-electron chi connectivity index (χ4n) is 1.60. The fraction of sp³-hybridized carbons (Fsp3) is 0. The predicted molar refractivity (Wildman–Crippen MR) is 72.8 cm³/mol. The molecule has 0 saturated carbocycles. The van der Waals surface area contributed by atoms with Gasteiger partial charge < -0.3 is 4.42 Å². The second-order valence-electron chi connectivity index (χ2n) is 3.95. The summed E-state index contributed by atoms with van der Waals surface area (Å²) in [7, 11) is 0. The summed E-state index contributed by atoms with van der Waals surface area (Å²) < 4.78 is 18.4. The number of nitriles is 1. The van der Waals surface area contributed by atoms with Crippen molar-refractivity contribution in [2.24, 2.45) is 0 Å². The van der Waals surface area contributed by atoms with Crippen molar-refractivity contribution in [1.82, 2.24) is 15.2 Å². The van der Waals surface area contributed by atoms with Crippen LogP contribution < -0.4 is 0 Å². The molecule has 2 aromatic heterocycles. The van der Waals surface area contributed by atoms with Crippen molar-refractivity contribution in [3.8, 4) is 17.5 Å². The highest BCUT2D eigenvalue weighted by Gasteiger charge is 2.12. The molecule has 0 bridgehead atoms. The van der Waals surface area contributed by atoms with E-state index >= 15 is 0 Å². The maximum atomic E-state index is 12.9. The van der Waals surface area contributed by atoms with E-state index < -0.39 is 0 Å². The van der Waals surface area contributed by atoms with E-state index in [1.54, 1.807) is 30.5 Å². The zero-order valence-corrected chi connectivity index (χ0v) is 11.3. The van der Waals surface area contributed by atoms with Gasteiger partial charge in [-0.3, -0.25) is 0 Å². The highest BCUT2D eigenvalue weighted by molar-refractivity contribution is 7.99. The van der Waals surface area contributed by atoms with Crippen LogP contribution in [0.4, 0.5) is 4.39 Å². The number of benzene rings is 1. The summed E-state index contributed by atoms with van der Waals surface area (Å²) in [5.74, 6) is -0.0491. The first-order valence-electron chi connectivity index (χ1n) is 5.88. The lowest BCUT2D eigenvalue weighted by Gasteiger charge is -1.97. The Morgan fingerprint density at radius 3 is 2.71 bits per heavy atom. The van der Waals surface area contributed by atoms with Crippen LogP contribution in [0.1, 0.15) is 5.56 Å². The molecule has 0 N–H and O–H groups in total. The van der Waals surface area contributed by atoms with Crippen molar-refractivity contribution in [3.63, 3.8) is 0 Å². The van der Waals surface area contributed by atoms with Crippen molar-refractivity contribution in [1.29, 1.82) is 5.26 Å². The molecule has 5 nitrogen and oxygen atoms in total. The average Bonchev–Trinajstić information content (AvgIpc) is 2.97. The van der Waals surface area contributed by atoms with Crippen LogP contribution >= 0.6 is 11.8 Å². The molecular weight excluding hydrogens is 291 g/mol. The summed E-state index contributed by atoms with van der Waals surface area (Å²) in [6.45, 7) is 0. The highest BCUT2D eigenvalue weighted by atomic mass is 32.2. The molecule has 0 radical (unpaired) electrons. The number of halogens is 1. The molecular formula is C14H7FN4OS. The van der Waals surface area contributed by atoms with Gasteiger partial charge in [-0.2, -0.15) is 5.26 Å². The minimum Gasteiger partial charge on any atom is -0.411 e.